The molecule has 0 aromatic carbocycles. The smallest absolute Gasteiger partial charge is 0.309 e. The molecule has 4 nitrogen and oxygen atoms in total. The van der Waals surface area contributed by atoms with E-state index in [0.29, 0.717) is 5.92 Å². The average molecular weight is 407 g/mol. The van der Waals surface area contributed by atoms with Crippen LogP contribution in [0.1, 0.15) is 99.3 Å². The van der Waals surface area contributed by atoms with Gasteiger partial charge in [0, 0.05) is 5.92 Å². The predicted molar refractivity (Wildman–Crippen MR) is 114 cm³/mol. The number of carbonyl (C=O) groups excluding carboxylic acids is 2. The topological polar surface area (TPSA) is 52.6 Å². The van der Waals surface area contributed by atoms with E-state index in [1.165, 1.54) is 6.42 Å². The zero-order valence-corrected chi connectivity index (χ0v) is 19.5. The number of fused-ring (bicyclic) bond motifs is 2. The molecule has 29 heavy (non-hydrogen) atoms. The third-order valence-corrected chi connectivity index (χ3v) is 7.52. The minimum absolute atomic E-state index is 0.0437. The average Bonchev–Trinajstić information content (AvgIpc) is 3.19. The van der Waals surface area contributed by atoms with Crippen LogP contribution in [0.4, 0.5) is 0 Å². The minimum atomic E-state index is -0.293. The summed E-state index contributed by atoms with van der Waals surface area (Å²) in [5.41, 5.74) is -0.205. The van der Waals surface area contributed by atoms with Gasteiger partial charge in [0.1, 0.15) is 11.7 Å². The molecule has 3 aliphatic rings. The zero-order chi connectivity index (χ0) is 21.4. The Labute approximate surface area is 177 Å². The maximum Gasteiger partial charge on any atom is 0.309 e. The summed E-state index contributed by atoms with van der Waals surface area (Å²) in [5, 5.41) is 0. The Hall–Kier alpha value is -1.06. The first-order chi connectivity index (χ1) is 13.5. The SMILES string of the molecule is CC(C)[C@H](CC(C)(C)C)C(=O)OC1CC2CC(C(=O)OC3(C)CCCCC3)C1C2. The van der Waals surface area contributed by atoms with Gasteiger partial charge in [0.2, 0.25) is 0 Å². The molecule has 0 radical (unpaired) electrons. The van der Waals surface area contributed by atoms with Gasteiger partial charge in [0.25, 0.3) is 0 Å². The molecule has 4 heteroatoms. The minimum Gasteiger partial charge on any atom is -0.462 e. The number of esters is 2. The summed E-state index contributed by atoms with van der Waals surface area (Å²) in [7, 11) is 0. The van der Waals surface area contributed by atoms with Gasteiger partial charge in [-0.2, -0.15) is 0 Å². The Morgan fingerprint density at radius 2 is 1.69 bits per heavy atom. The van der Waals surface area contributed by atoms with Gasteiger partial charge in [0.15, 0.2) is 0 Å². The van der Waals surface area contributed by atoms with Gasteiger partial charge in [-0.05, 0) is 75.5 Å². The van der Waals surface area contributed by atoms with E-state index in [0.717, 1.165) is 51.4 Å². The Kier molecular flexibility index (Phi) is 6.70. The van der Waals surface area contributed by atoms with E-state index in [1.807, 2.05) is 0 Å². The molecule has 3 fully saturated rings. The largest absolute Gasteiger partial charge is 0.462 e. The van der Waals surface area contributed by atoms with Crippen molar-refractivity contribution in [2.45, 2.75) is 111 Å². The second-order valence-electron chi connectivity index (χ2n) is 11.9. The number of ether oxygens (including phenoxy) is 2. The summed E-state index contributed by atoms with van der Waals surface area (Å²) in [6.07, 6.45) is 9.01. The fourth-order valence-corrected chi connectivity index (χ4v) is 5.90. The van der Waals surface area contributed by atoms with Crippen LogP contribution >= 0.6 is 0 Å². The third kappa shape index (κ3) is 5.55. The molecular weight excluding hydrogens is 364 g/mol. The summed E-state index contributed by atoms with van der Waals surface area (Å²) in [6, 6.07) is 0. The maximum atomic E-state index is 13.0. The number of hydrogen-bond donors (Lipinski definition) is 0. The fourth-order valence-electron chi connectivity index (χ4n) is 5.90. The van der Waals surface area contributed by atoms with Gasteiger partial charge in [0.05, 0.1) is 11.8 Å². The number of hydrogen-bond acceptors (Lipinski definition) is 4. The Morgan fingerprint density at radius 3 is 2.24 bits per heavy atom. The van der Waals surface area contributed by atoms with Crippen molar-refractivity contribution in [1.82, 2.24) is 0 Å². The van der Waals surface area contributed by atoms with Gasteiger partial charge >= 0.3 is 11.9 Å². The van der Waals surface area contributed by atoms with Crippen LogP contribution in [0.25, 0.3) is 0 Å². The highest BCUT2D eigenvalue weighted by Gasteiger charge is 2.52. The van der Waals surface area contributed by atoms with E-state index < -0.39 is 0 Å². The lowest BCUT2D eigenvalue weighted by Crippen LogP contribution is -2.41. The van der Waals surface area contributed by atoms with Crippen LogP contribution in [0.15, 0.2) is 0 Å². The monoisotopic (exact) mass is 406 g/mol. The van der Waals surface area contributed by atoms with E-state index in [1.54, 1.807) is 0 Å². The predicted octanol–water partition coefficient (Wildman–Crippen LogP) is 5.92. The lowest BCUT2D eigenvalue weighted by Gasteiger charge is -2.36. The lowest BCUT2D eigenvalue weighted by atomic mass is 9.79. The molecule has 0 saturated heterocycles. The molecule has 3 saturated carbocycles. The van der Waals surface area contributed by atoms with E-state index in [2.05, 4.69) is 41.5 Å². The molecule has 5 atom stereocenters. The molecule has 0 spiro atoms. The zero-order valence-electron chi connectivity index (χ0n) is 19.5. The van der Waals surface area contributed by atoms with Crippen molar-refractivity contribution in [2.75, 3.05) is 0 Å². The first-order valence-corrected chi connectivity index (χ1v) is 11.9. The molecule has 0 aliphatic heterocycles. The van der Waals surface area contributed by atoms with Crippen molar-refractivity contribution in [3.8, 4) is 0 Å². The van der Waals surface area contributed by atoms with Crippen molar-refractivity contribution in [3.63, 3.8) is 0 Å². The third-order valence-electron chi connectivity index (χ3n) is 7.52. The van der Waals surface area contributed by atoms with Crippen molar-refractivity contribution in [1.29, 1.82) is 0 Å². The normalized spacial score (nSPS) is 32.2. The highest BCUT2D eigenvalue weighted by atomic mass is 16.6. The van der Waals surface area contributed by atoms with E-state index in [4.69, 9.17) is 9.47 Å². The summed E-state index contributed by atoms with van der Waals surface area (Å²) >= 11 is 0. The summed E-state index contributed by atoms with van der Waals surface area (Å²) < 4.78 is 12.1. The van der Waals surface area contributed by atoms with Crippen LogP contribution in [0.2, 0.25) is 0 Å². The Balaban J connectivity index is 1.60. The van der Waals surface area contributed by atoms with Crippen molar-refractivity contribution in [2.24, 2.45) is 35.0 Å². The number of carbonyl (C=O) groups is 2. The van der Waals surface area contributed by atoms with Crippen LogP contribution in [-0.2, 0) is 19.1 Å². The van der Waals surface area contributed by atoms with Crippen LogP contribution in [0.5, 0.6) is 0 Å². The summed E-state index contributed by atoms with van der Waals surface area (Å²) in [6.45, 7) is 12.8. The molecule has 0 N–H and O–H groups in total. The Morgan fingerprint density at radius 1 is 1.03 bits per heavy atom. The van der Waals surface area contributed by atoms with Crippen LogP contribution in [-0.4, -0.2) is 23.6 Å². The molecular formula is C25H42O4. The lowest BCUT2D eigenvalue weighted by molar-refractivity contribution is -0.174. The maximum absolute atomic E-state index is 13.0. The van der Waals surface area contributed by atoms with Crippen molar-refractivity contribution in [3.05, 3.63) is 0 Å². The fraction of sp³-hybridized carbons (Fsp3) is 0.920. The molecule has 3 rings (SSSR count). The highest BCUT2D eigenvalue weighted by molar-refractivity contribution is 5.75. The molecule has 4 unspecified atom stereocenters. The van der Waals surface area contributed by atoms with Gasteiger partial charge in [-0.3, -0.25) is 9.59 Å². The van der Waals surface area contributed by atoms with Crippen LogP contribution in [0.3, 0.4) is 0 Å². The van der Waals surface area contributed by atoms with Gasteiger partial charge < -0.3 is 9.47 Å². The first kappa shape index (κ1) is 22.6. The first-order valence-electron chi connectivity index (χ1n) is 11.9. The van der Waals surface area contributed by atoms with Crippen molar-refractivity contribution >= 4 is 11.9 Å². The Bertz CT molecular complexity index is 596. The van der Waals surface area contributed by atoms with Gasteiger partial charge in [-0.15, -0.1) is 0 Å². The summed E-state index contributed by atoms with van der Waals surface area (Å²) in [5.74, 6) is 0.607. The van der Waals surface area contributed by atoms with E-state index in [9.17, 15) is 9.59 Å². The van der Waals surface area contributed by atoms with E-state index in [-0.39, 0.29) is 52.7 Å². The molecule has 0 heterocycles. The van der Waals surface area contributed by atoms with Crippen LogP contribution in [0, 0.1) is 35.0 Å². The molecule has 166 valence electrons. The van der Waals surface area contributed by atoms with Gasteiger partial charge in [-0.25, -0.2) is 0 Å². The van der Waals surface area contributed by atoms with Crippen LogP contribution < -0.4 is 0 Å². The molecule has 0 amide bonds. The molecule has 3 aliphatic carbocycles. The van der Waals surface area contributed by atoms with Gasteiger partial charge in [-0.1, -0.05) is 41.0 Å². The second-order valence-corrected chi connectivity index (χ2v) is 11.9. The second kappa shape index (κ2) is 8.59. The van der Waals surface area contributed by atoms with Crippen molar-refractivity contribution < 1.29 is 19.1 Å². The summed E-state index contributed by atoms with van der Waals surface area (Å²) in [4.78, 5) is 26.0. The highest BCUT2D eigenvalue weighted by Crippen LogP contribution is 2.51. The standard InChI is InChI=1S/C25H42O4/c1-16(2)20(15-24(3,4)5)22(26)28-21-14-17-12-18(21)19(13-17)23(27)29-25(6)10-8-7-9-11-25/h16-21H,7-15H2,1-6H3/t17?,18?,19?,20-,21?/m0/s1. The quantitative estimate of drug-likeness (QED) is 0.514. The number of rotatable bonds is 6. The molecule has 2 bridgehead atoms. The molecule has 0 aromatic heterocycles. The molecule has 0 aromatic rings. The van der Waals surface area contributed by atoms with E-state index >= 15 is 0 Å².